The maximum absolute atomic E-state index is 12.7. The van der Waals surface area contributed by atoms with Gasteiger partial charge in [0, 0.05) is 6.07 Å². The van der Waals surface area contributed by atoms with Crippen LogP contribution in [-0.4, -0.2) is 15.2 Å². The van der Waals surface area contributed by atoms with Gasteiger partial charge < -0.3 is 10.2 Å². The van der Waals surface area contributed by atoms with Crippen molar-refractivity contribution in [3.05, 3.63) is 23.3 Å². The van der Waals surface area contributed by atoms with Crippen LogP contribution in [0, 0.1) is 5.82 Å². The van der Waals surface area contributed by atoms with Crippen molar-refractivity contribution in [3.63, 3.8) is 0 Å². The van der Waals surface area contributed by atoms with Gasteiger partial charge in [0.2, 0.25) is 0 Å². The fourth-order valence-electron chi connectivity index (χ4n) is 0.799. The number of pyridine rings is 1. The van der Waals surface area contributed by atoms with Crippen molar-refractivity contribution in [2.75, 3.05) is 0 Å². The van der Waals surface area contributed by atoms with Gasteiger partial charge in [0.05, 0.1) is 6.61 Å². The van der Waals surface area contributed by atoms with Crippen molar-refractivity contribution in [1.29, 1.82) is 0 Å². The van der Waals surface area contributed by atoms with Crippen LogP contribution in [0.5, 0.6) is 5.75 Å². The lowest BCUT2D eigenvalue weighted by atomic mass is 10.2. The van der Waals surface area contributed by atoms with Crippen LogP contribution < -0.4 is 0 Å². The molecule has 0 unspecified atom stereocenters. The van der Waals surface area contributed by atoms with Gasteiger partial charge in [-0.25, -0.2) is 18.2 Å². The molecule has 2 N–H and O–H groups in total. The zero-order valence-electron chi connectivity index (χ0n) is 6.34. The molecule has 0 aromatic carbocycles. The smallest absolute Gasteiger partial charge is 0.280 e. The van der Waals surface area contributed by atoms with Crippen LogP contribution >= 0.6 is 0 Å². The Hall–Kier alpha value is -1.30. The van der Waals surface area contributed by atoms with Gasteiger partial charge in [-0.1, -0.05) is 0 Å². The molecule has 0 amide bonds. The van der Waals surface area contributed by atoms with E-state index in [0.29, 0.717) is 6.07 Å². The quantitative estimate of drug-likeness (QED) is 0.745. The molecule has 0 aliphatic heterocycles. The van der Waals surface area contributed by atoms with Crippen molar-refractivity contribution in [3.8, 4) is 5.75 Å². The maximum atomic E-state index is 12.7. The first-order chi connectivity index (χ1) is 6.06. The summed E-state index contributed by atoms with van der Waals surface area (Å²) in [4.78, 5) is 3.16. The fraction of sp³-hybridized carbons (Fsp3) is 0.286. The lowest BCUT2D eigenvalue weighted by Crippen LogP contribution is -1.99. The minimum absolute atomic E-state index is 0.430. The number of halogens is 3. The summed E-state index contributed by atoms with van der Waals surface area (Å²) in [6.07, 6.45) is -2.93. The van der Waals surface area contributed by atoms with Crippen molar-refractivity contribution >= 4 is 0 Å². The van der Waals surface area contributed by atoms with E-state index >= 15 is 0 Å². The Morgan fingerprint density at radius 3 is 2.54 bits per heavy atom. The van der Waals surface area contributed by atoms with Gasteiger partial charge in [0.25, 0.3) is 6.43 Å². The zero-order valence-corrected chi connectivity index (χ0v) is 6.34. The van der Waals surface area contributed by atoms with Crippen LogP contribution in [0.25, 0.3) is 0 Å². The minimum Gasteiger partial charge on any atom is -0.503 e. The standard InChI is InChI=1S/C7H6F3NO2/c8-3-1-4(7(9)10)11-5(2-12)6(3)13/h1,7,12-13H,2H2. The Balaban J connectivity index is 3.22. The van der Waals surface area contributed by atoms with E-state index in [1.165, 1.54) is 0 Å². The first-order valence-electron chi connectivity index (χ1n) is 3.33. The molecule has 0 spiro atoms. The van der Waals surface area contributed by atoms with Crippen LogP contribution in [0.4, 0.5) is 13.2 Å². The van der Waals surface area contributed by atoms with Gasteiger partial charge in [-0.15, -0.1) is 0 Å². The molecule has 0 bridgehead atoms. The van der Waals surface area contributed by atoms with Gasteiger partial charge in [0.15, 0.2) is 11.6 Å². The van der Waals surface area contributed by atoms with E-state index in [0.717, 1.165) is 0 Å². The Morgan fingerprint density at radius 2 is 2.08 bits per heavy atom. The number of rotatable bonds is 2. The number of aliphatic hydroxyl groups is 1. The molecule has 3 nitrogen and oxygen atoms in total. The number of alkyl halides is 2. The topological polar surface area (TPSA) is 53.4 Å². The van der Waals surface area contributed by atoms with Crippen LogP contribution in [-0.2, 0) is 6.61 Å². The second kappa shape index (κ2) is 3.61. The highest BCUT2D eigenvalue weighted by atomic mass is 19.3. The summed E-state index contributed by atoms with van der Waals surface area (Å²) in [5.74, 6) is -2.11. The van der Waals surface area contributed by atoms with Crippen molar-refractivity contribution < 1.29 is 23.4 Å². The molecule has 1 aromatic heterocycles. The molecule has 1 heterocycles. The summed E-state index contributed by atoms with van der Waals surface area (Å²) in [6.45, 7) is -0.788. The van der Waals surface area contributed by atoms with Crippen LogP contribution in [0.1, 0.15) is 17.8 Å². The summed E-state index contributed by atoms with van der Waals surface area (Å²) >= 11 is 0. The summed E-state index contributed by atoms with van der Waals surface area (Å²) in [7, 11) is 0. The summed E-state index contributed by atoms with van der Waals surface area (Å²) in [5.41, 5.74) is -1.30. The molecule has 0 atom stereocenters. The molecule has 1 aromatic rings. The van der Waals surface area contributed by atoms with E-state index in [9.17, 15) is 13.2 Å². The van der Waals surface area contributed by atoms with E-state index in [2.05, 4.69) is 4.98 Å². The monoisotopic (exact) mass is 193 g/mol. The number of nitrogens with zero attached hydrogens (tertiary/aromatic N) is 1. The zero-order chi connectivity index (χ0) is 10.0. The first kappa shape index (κ1) is 9.79. The maximum Gasteiger partial charge on any atom is 0.280 e. The highest BCUT2D eigenvalue weighted by Gasteiger charge is 2.16. The van der Waals surface area contributed by atoms with Crippen LogP contribution in [0.3, 0.4) is 0 Å². The molecular formula is C7H6F3NO2. The molecule has 1 rings (SSSR count). The normalized spacial score (nSPS) is 10.8. The summed E-state index contributed by atoms with van der Waals surface area (Å²) in [6, 6.07) is 0.430. The molecular weight excluding hydrogens is 187 g/mol. The summed E-state index contributed by atoms with van der Waals surface area (Å²) < 4.78 is 36.7. The molecule has 0 aliphatic rings. The molecule has 72 valence electrons. The molecule has 0 saturated heterocycles. The van der Waals surface area contributed by atoms with Crippen molar-refractivity contribution in [2.45, 2.75) is 13.0 Å². The number of aliphatic hydroxyl groups excluding tert-OH is 1. The van der Waals surface area contributed by atoms with E-state index in [1.54, 1.807) is 0 Å². The van der Waals surface area contributed by atoms with E-state index < -0.39 is 36.0 Å². The number of aromatic nitrogens is 1. The largest absolute Gasteiger partial charge is 0.503 e. The lowest BCUT2D eigenvalue weighted by molar-refractivity contribution is 0.144. The fourth-order valence-corrected chi connectivity index (χ4v) is 0.799. The van der Waals surface area contributed by atoms with Crippen LogP contribution in [0.2, 0.25) is 0 Å². The molecule has 0 radical (unpaired) electrons. The van der Waals surface area contributed by atoms with E-state index in [1.807, 2.05) is 0 Å². The third kappa shape index (κ3) is 1.89. The third-order valence-electron chi connectivity index (χ3n) is 1.41. The number of aromatic hydroxyl groups is 1. The highest BCUT2D eigenvalue weighted by molar-refractivity contribution is 5.29. The molecule has 0 aliphatic carbocycles. The molecule has 6 heteroatoms. The van der Waals surface area contributed by atoms with Crippen molar-refractivity contribution in [1.82, 2.24) is 4.98 Å². The molecule has 13 heavy (non-hydrogen) atoms. The van der Waals surface area contributed by atoms with Gasteiger partial charge >= 0.3 is 0 Å². The van der Waals surface area contributed by atoms with Gasteiger partial charge in [0.1, 0.15) is 11.4 Å². The SMILES string of the molecule is OCc1nc(C(F)F)cc(F)c1O. The highest BCUT2D eigenvalue weighted by Crippen LogP contribution is 2.25. The second-order valence-electron chi connectivity index (χ2n) is 2.28. The van der Waals surface area contributed by atoms with Gasteiger partial charge in [-0.05, 0) is 0 Å². The number of hydrogen-bond donors (Lipinski definition) is 2. The van der Waals surface area contributed by atoms with Crippen molar-refractivity contribution in [2.24, 2.45) is 0 Å². The predicted molar refractivity (Wildman–Crippen MR) is 36.7 cm³/mol. The Bertz CT molecular complexity index is 317. The lowest BCUT2D eigenvalue weighted by Gasteiger charge is -2.04. The number of hydrogen-bond acceptors (Lipinski definition) is 3. The average molecular weight is 193 g/mol. The Morgan fingerprint density at radius 1 is 1.46 bits per heavy atom. The minimum atomic E-state index is -2.93. The Kier molecular flexibility index (Phi) is 2.72. The second-order valence-corrected chi connectivity index (χ2v) is 2.28. The predicted octanol–water partition coefficient (Wildman–Crippen LogP) is 1.36. The van der Waals surface area contributed by atoms with Gasteiger partial charge in [-0.2, -0.15) is 0 Å². The van der Waals surface area contributed by atoms with E-state index in [-0.39, 0.29) is 0 Å². The Labute approximate surface area is 71.5 Å². The summed E-state index contributed by atoms with van der Waals surface area (Å²) in [5, 5.41) is 17.4. The third-order valence-corrected chi connectivity index (χ3v) is 1.41. The van der Waals surface area contributed by atoms with Crippen LogP contribution in [0.15, 0.2) is 6.07 Å². The molecule has 0 saturated carbocycles. The van der Waals surface area contributed by atoms with E-state index in [4.69, 9.17) is 10.2 Å². The molecule has 0 fully saturated rings. The van der Waals surface area contributed by atoms with Gasteiger partial charge in [-0.3, -0.25) is 0 Å². The average Bonchev–Trinajstić information content (AvgIpc) is 2.09. The first-order valence-corrected chi connectivity index (χ1v) is 3.33.